The van der Waals surface area contributed by atoms with Crippen LogP contribution in [0.3, 0.4) is 0 Å². The molecule has 0 amide bonds. The summed E-state index contributed by atoms with van der Waals surface area (Å²) < 4.78 is 12.2. The van der Waals surface area contributed by atoms with Crippen LogP contribution in [0.2, 0.25) is 0 Å². The molecule has 0 aliphatic rings. The van der Waals surface area contributed by atoms with E-state index in [1.54, 1.807) is 32.9 Å². The minimum Gasteiger partial charge on any atom is -0.457 e. The molecule has 0 radical (unpaired) electrons. The van der Waals surface area contributed by atoms with Crippen LogP contribution in [0.1, 0.15) is 36.7 Å². The molecule has 0 unspecified atom stereocenters. The van der Waals surface area contributed by atoms with E-state index >= 15 is 0 Å². The topological polar surface area (TPSA) is 57.5 Å². The number of carbonyl (C=O) groups is 2. The van der Waals surface area contributed by atoms with Crippen LogP contribution in [0, 0.1) is 0 Å². The van der Waals surface area contributed by atoms with Gasteiger partial charge in [0, 0.05) is 11.6 Å². The van der Waals surface area contributed by atoms with Crippen LogP contribution >= 0.6 is 0 Å². The van der Waals surface area contributed by atoms with Crippen LogP contribution in [0.5, 0.6) is 0 Å². The molecule has 134 valence electrons. The van der Waals surface area contributed by atoms with Gasteiger partial charge in [-0.1, -0.05) is 48.5 Å². The number of nitrogens with zero attached hydrogens (tertiary/aromatic N) is 1. The zero-order valence-electron chi connectivity index (χ0n) is 15.1. The lowest BCUT2D eigenvalue weighted by atomic mass is 10.2. The van der Waals surface area contributed by atoms with Crippen molar-refractivity contribution in [2.24, 2.45) is 0 Å². The number of rotatable bonds is 3. The number of ether oxygens (including phenoxy) is 2. The minimum atomic E-state index is -0.629. The maximum absolute atomic E-state index is 12.6. The number of para-hydroxylation sites is 1. The molecule has 0 spiro atoms. The van der Waals surface area contributed by atoms with Crippen molar-refractivity contribution in [1.29, 1.82) is 0 Å². The maximum Gasteiger partial charge on any atom is 0.419 e. The molecule has 5 nitrogen and oxygen atoms in total. The maximum atomic E-state index is 12.6. The van der Waals surface area contributed by atoms with Crippen molar-refractivity contribution < 1.29 is 19.1 Å². The normalized spacial score (nSPS) is 11.3. The molecule has 5 heteroatoms. The molecular formula is C21H21NO4. The number of hydrogen-bond acceptors (Lipinski definition) is 4. The Bertz CT molecular complexity index is 936. The highest BCUT2D eigenvalue weighted by atomic mass is 16.6. The lowest BCUT2D eigenvalue weighted by Gasteiger charge is -2.19. The molecule has 0 saturated carbocycles. The molecule has 2 aromatic carbocycles. The summed E-state index contributed by atoms with van der Waals surface area (Å²) in [4.78, 5) is 25.0. The van der Waals surface area contributed by atoms with Crippen molar-refractivity contribution >= 4 is 23.0 Å². The van der Waals surface area contributed by atoms with Crippen LogP contribution in [-0.2, 0) is 16.1 Å². The Morgan fingerprint density at radius 2 is 1.62 bits per heavy atom. The predicted molar refractivity (Wildman–Crippen MR) is 99.1 cm³/mol. The van der Waals surface area contributed by atoms with E-state index in [0.29, 0.717) is 16.5 Å². The van der Waals surface area contributed by atoms with Gasteiger partial charge in [-0.25, -0.2) is 9.59 Å². The summed E-state index contributed by atoms with van der Waals surface area (Å²) in [5, 5.41) is 0.649. The number of carbonyl (C=O) groups excluding carboxylic acids is 2. The van der Waals surface area contributed by atoms with Crippen LogP contribution in [0.15, 0.2) is 60.8 Å². The van der Waals surface area contributed by atoms with Crippen molar-refractivity contribution in [2.45, 2.75) is 33.0 Å². The van der Waals surface area contributed by atoms with Gasteiger partial charge in [-0.3, -0.25) is 4.57 Å². The molecule has 1 heterocycles. The van der Waals surface area contributed by atoms with Gasteiger partial charge in [0.15, 0.2) is 0 Å². The molecule has 3 aromatic rings. The van der Waals surface area contributed by atoms with Gasteiger partial charge in [-0.05, 0) is 32.4 Å². The molecule has 0 aliphatic heterocycles. The lowest BCUT2D eigenvalue weighted by Crippen LogP contribution is -2.26. The van der Waals surface area contributed by atoms with Crippen molar-refractivity contribution in [3.63, 3.8) is 0 Å². The van der Waals surface area contributed by atoms with Gasteiger partial charge in [-0.2, -0.15) is 0 Å². The molecule has 0 fully saturated rings. The smallest absolute Gasteiger partial charge is 0.419 e. The Labute approximate surface area is 152 Å². The van der Waals surface area contributed by atoms with E-state index < -0.39 is 17.7 Å². The second-order valence-electron chi connectivity index (χ2n) is 6.97. The molecule has 0 bridgehead atoms. The Hall–Kier alpha value is -3.08. The predicted octanol–water partition coefficient (Wildman–Crippen LogP) is 4.78. The number of fused-ring (bicyclic) bond motifs is 1. The Balaban J connectivity index is 1.89. The average Bonchev–Trinajstić information content (AvgIpc) is 2.99. The highest BCUT2D eigenvalue weighted by Crippen LogP contribution is 2.24. The van der Waals surface area contributed by atoms with E-state index in [0.717, 1.165) is 5.56 Å². The summed E-state index contributed by atoms with van der Waals surface area (Å²) in [6.45, 7) is 5.56. The fraction of sp³-hybridized carbons (Fsp3) is 0.238. The van der Waals surface area contributed by atoms with Crippen molar-refractivity contribution in [1.82, 2.24) is 4.57 Å². The second-order valence-corrected chi connectivity index (χ2v) is 6.97. The van der Waals surface area contributed by atoms with Crippen LogP contribution in [0.25, 0.3) is 10.9 Å². The first-order valence-corrected chi connectivity index (χ1v) is 8.39. The van der Waals surface area contributed by atoms with E-state index in [-0.39, 0.29) is 6.61 Å². The van der Waals surface area contributed by atoms with Gasteiger partial charge in [0.25, 0.3) is 0 Å². The largest absolute Gasteiger partial charge is 0.457 e. The molecule has 0 N–H and O–H groups in total. The van der Waals surface area contributed by atoms with Crippen LogP contribution in [0.4, 0.5) is 4.79 Å². The zero-order chi connectivity index (χ0) is 18.7. The van der Waals surface area contributed by atoms with E-state index in [1.807, 2.05) is 42.5 Å². The van der Waals surface area contributed by atoms with Crippen molar-refractivity contribution in [3.05, 3.63) is 71.9 Å². The molecule has 1 aromatic heterocycles. The summed E-state index contributed by atoms with van der Waals surface area (Å²) in [6, 6.07) is 16.6. The first-order chi connectivity index (χ1) is 12.3. The summed E-state index contributed by atoms with van der Waals surface area (Å²) in [5.74, 6) is -0.479. The third-order valence-electron chi connectivity index (χ3n) is 3.73. The summed E-state index contributed by atoms with van der Waals surface area (Å²) in [6.07, 6.45) is 0.947. The number of aromatic nitrogens is 1. The first-order valence-electron chi connectivity index (χ1n) is 8.39. The quantitative estimate of drug-likeness (QED) is 0.637. The average molecular weight is 351 g/mol. The highest BCUT2D eigenvalue weighted by Gasteiger charge is 2.23. The molecule has 0 aliphatic carbocycles. The van der Waals surface area contributed by atoms with E-state index in [2.05, 4.69) is 0 Å². The third-order valence-corrected chi connectivity index (χ3v) is 3.73. The fourth-order valence-electron chi connectivity index (χ4n) is 2.61. The van der Waals surface area contributed by atoms with Gasteiger partial charge >= 0.3 is 12.1 Å². The van der Waals surface area contributed by atoms with Crippen LogP contribution < -0.4 is 0 Å². The van der Waals surface area contributed by atoms with Crippen molar-refractivity contribution in [2.75, 3.05) is 0 Å². The minimum absolute atomic E-state index is 0.172. The summed E-state index contributed by atoms with van der Waals surface area (Å²) >= 11 is 0. The summed E-state index contributed by atoms with van der Waals surface area (Å²) in [7, 11) is 0. The fourth-order valence-corrected chi connectivity index (χ4v) is 2.61. The Morgan fingerprint density at radius 3 is 2.31 bits per heavy atom. The lowest BCUT2D eigenvalue weighted by molar-refractivity contribution is 0.0474. The Morgan fingerprint density at radius 1 is 0.962 bits per heavy atom. The van der Waals surface area contributed by atoms with Gasteiger partial charge in [0.1, 0.15) is 12.2 Å². The third kappa shape index (κ3) is 3.94. The molecular weight excluding hydrogens is 330 g/mol. The second kappa shape index (κ2) is 7.04. The Kier molecular flexibility index (Phi) is 4.80. The standard InChI is InChI=1S/C21H21NO4/c1-21(2,3)26-20(24)22-13-17(16-11-7-8-12-18(16)22)19(23)25-14-15-9-5-4-6-10-15/h4-13H,14H2,1-3H3. The summed E-state index contributed by atoms with van der Waals surface area (Å²) in [5.41, 5.74) is 1.21. The number of hydrogen-bond donors (Lipinski definition) is 0. The molecule has 0 saturated heterocycles. The molecule has 0 atom stereocenters. The number of esters is 1. The van der Waals surface area contributed by atoms with Gasteiger partial charge in [0.2, 0.25) is 0 Å². The van der Waals surface area contributed by atoms with Crippen LogP contribution in [-0.4, -0.2) is 22.2 Å². The first kappa shape index (κ1) is 17.7. The SMILES string of the molecule is CC(C)(C)OC(=O)n1cc(C(=O)OCc2ccccc2)c2ccccc21. The molecule has 26 heavy (non-hydrogen) atoms. The van der Waals surface area contributed by atoms with Gasteiger partial charge < -0.3 is 9.47 Å². The van der Waals surface area contributed by atoms with E-state index in [9.17, 15) is 9.59 Å². The van der Waals surface area contributed by atoms with E-state index in [4.69, 9.17) is 9.47 Å². The zero-order valence-corrected chi connectivity index (χ0v) is 15.1. The van der Waals surface area contributed by atoms with Crippen molar-refractivity contribution in [3.8, 4) is 0 Å². The van der Waals surface area contributed by atoms with Gasteiger partial charge in [0.05, 0.1) is 11.1 Å². The molecule has 3 rings (SSSR count). The number of benzene rings is 2. The van der Waals surface area contributed by atoms with E-state index in [1.165, 1.54) is 10.8 Å². The van der Waals surface area contributed by atoms with Gasteiger partial charge in [-0.15, -0.1) is 0 Å². The monoisotopic (exact) mass is 351 g/mol. The highest BCUT2D eigenvalue weighted by molar-refractivity contribution is 6.06.